The van der Waals surface area contributed by atoms with Gasteiger partial charge in [-0.1, -0.05) is 27.7 Å². The van der Waals surface area contributed by atoms with E-state index in [1.807, 2.05) is 6.20 Å². The van der Waals surface area contributed by atoms with Crippen LogP contribution in [0.2, 0.25) is 0 Å². The maximum atomic E-state index is 6.69. The number of nitrogens with two attached hydrogens (primary N) is 1. The van der Waals surface area contributed by atoms with Crippen molar-refractivity contribution in [1.82, 2.24) is 9.97 Å². The topological polar surface area (TPSA) is 74.9 Å². The van der Waals surface area contributed by atoms with Crippen LogP contribution in [0.15, 0.2) is 12.5 Å². The van der Waals surface area contributed by atoms with Crippen LogP contribution in [0.1, 0.15) is 39.8 Å². The highest BCUT2D eigenvalue weighted by atomic mass is 32.1. The number of nitrogens with zero attached hydrogens (tertiary/aromatic N) is 1. The van der Waals surface area contributed by atoms with Crippen LogP contribution in [0.25, 0.3) is 0 Å². The SMILES string of the molecule is CC(C)(CN)CC(C)(C)c1cnc[nH]1.OS. The van der Waals surface area contributed by atoms with E-state index in [9.17, 15) is 0 Å². The van der Waals surface area contributed by atoms with E-state index in [1.54, 1.807) is 6.33 Å². The first-order chi connectivity index (χ1) is 7.37. The van der Waals surface area contributed by atoms with Gasteiger partial charge in [0.25, 0.3) is 0 Å². The van der Waals surface area contributed by atoms with Crippen molar-refractivity contribution in [2.75, 3.05) is 6.54 Å². The van der Waals surface area contributed by atoms with E-state index < -0.39 is 0 Å². The highest BCUT2D eigenvalue weighted by Gasteiger charge is 2.30. The molecule has 0 bridgehead atoms. The monoisotopic (exact) mass is 245 g/mol. The molecule has 0 fully saturated rings. The molecule has 94 valence electrons. The van der Waals surface area contributed by atoms with Gasteiger partial charge in [-0.2, -0.15) is 0 Å². The lowest BCUT2D eigenvalue weighted by atomic mass is 9.73. The number of aromatic nitrogens is 2. The largest absolute Gasteiger partial charge is 0.348 e. The Kier molecular flexibility index (Phi) is 6.07. The van der Waals surface area contributed by atoms with Gasteiger partial charge in [0, 0.05) is 17.3 Å². The third-order valence-electron chi connectivity index (χ3n) is 2.70. The third-order valence-corrected chi connectivity index (χ3v) is 2.70. The molecule has 1 aromatic rings. The Morgan fingerprint density at radius 3 is 2.31 bits per heavy atom. The number of nitrogens with one attached hydrogen (secondary N) is 1. The number of imidazole rings is 1. The summed E-state index contributed by atoms with van der Waals surface area (Å²) in [6, 6.07) is 0. The summed E-state index contributed by atoms with van der Waals surface area (Å²) < 4.78 is 6.69. The molecule has 0 aliphatic rings. The molecule has 0 aromatic carbocycles. The predicted octanol–water partition coefficient (Wildman–Crippen LogP) is 2.45. The van der Waals surface area contributed by atoms with Crippen molar-refractivity contribution in [2.45, 2.75) is 39.5 Å². The average Bonchev–Trinajstić information content (AvgIpc) is 2.73. The first-order valence-electron chi connectivity index (χ1n) is 5.26. The smallest absolute Gasteiger partial charge is 0.0921 e. The molecule has 5 heteroatoms. The summed E-state index contributed by atoms with van der Waals surface area (Å²) in [4.78, 5) is 7.23. The number of hydrogen-bond acceptors (Lipinski definition) is 4. The first-order valence-corrected chi connectivity index (χ1v) is 5.66. The maximum Gasteiger partial charge on any atom is 0.0921 e. The highest BCUT2D eigenvalue weighted by molar-refractivity contribution is 7.74. The number of thiol groups is 1. The van der Waals surface area contributed by atoms with Gasteiger partial charge >= 0.3 is 0 Å². The van der Waals surface area contributed by atoms with E-state index >= 15 is 0 Å². The second kappa shape index (κ2) is 6.27. The zero-order chi connectivity index (χ0) is 12.8. The molecule has 0 atom stereocenters. The van der Waals surface area contributed by atoms with Gasteiger partial charge in [-0.15, -0.1) is 0 Å². The van der Waals surface area contributed by atoms with Crippen molar-refractivity contribution in [1.29, 1.82) is 0 Å². The molecule has 0 aliphatic heterocycles. The van der Waals surface area contributed by atoms with Gasteiger partial charge < -0.3 is 15.3 Å². The highest BCUT2D eigenvalue weighted by Crippen LogP contribution is 2.34. The van der Waals surface area contributed by atoms with E-state index in [0.29, 0.717) is 6.54 Å². The Balaban J connectivity index is 0.00000106. The zero-order valence-electron chi connectivity index (χ0n) is 10.5. The molecule has 4 nitrogen and oxygen atoms in total. The van der Waals surface area contributed by atoms with Crippen molar-refractivity contribution in [2.24, 2.45) is 11.1 Å². The van der Waals surface area contributed by atoms with Crippen molar-refractivity contribution in [3.05, 3.63) is 18.2 Å². The molecule has 0 amide bonds. The van der Waals surface area contributed by atoms with Gasteiger partial charge in [-0.3, -0.25) is 0 Å². The molecule has 0 saturated carbocycles. The first kappa shape index (κ1) is 15.5. The Morgan fingerprint density at radius 2 is 1.94 bits per heavy atom. The van der Waals surface area contributed by atoms with Crippen LogP contribution in [0.4, 0.5) is 0 Å². The molecule has 4 N–H and O–H groups in total. The third kappa shape index (κ3) is 4.55. The Labute approximate surface area is 103 Å². The van der Waals surface area contributed by atoms with E-state index in [2.05, 4.69) is 50.6 Å². The Morgan fingerprint density at radius 1 is 1.38 bits per heavy atom. The summed E-state index contributed by atoms with van der Waals surface area (Å²) in [5, 5.41) is 0. The molecule has 16 heavy (non-hydrogen) atoms. The maximum absolute atomic E-state index is 6.69. The van der Waals surface area contributed by atoms with Gasteiger partial charge in [-0.05, 0) is 31.3 Å². The van der Waals surface area contributed by atoms with Gasteiger partial charge in [-0.25, -0.2) is 4.98 Å². The number of hydrogen-bond donors (Lipinski definition) is 4. The zero-order valence-corrected chi connectivity index (χ0v) is 11.4. The fraction of sp³-hybridized carbons (Fsp3) is 0.727. The summed E-state index contributed by atoms with van der Waals surface area (Å²) in [6.45, 7) is 9.55. The lowest BCUT2D eigenvalue weighted by molar-refractivity contribution is 0.262. The minimum Gasteiger partial charge on any atom is -0.348 e. The summed E-state index contributed by atoms with van der Waals surface area (Å²) in [5.41, 5.74) is 7.21. The lowest BCUT2D eigenvalue weighted by Gasteiger charge is -2.33. The molecule has 0 aliphatic carbocycles. The van der Waals surface area contributed by atoms with Gasteiger partial charge in [0.05, 0.1) is 6.33 Å². The Hall–Kier alpha value is -0.520. The summed E-state index contributed by atoms with van der Waals surface area (Å²) in [7, 11) is 0. The molecule has 0 spiro atoms. The van der Waals surface area contributed by atoms with Crippen molar-refractivity contribution in [3.8, 4) is 0 Å². The van der Waals surface area contributed by atoms with Crippen LogP contribution in [0.3, 0.4) is 0 Å². The van der Waals surface area contributed by atoms with Crippen LogP contribution < -0.4 is 5.73 Å². The summed E-state index contributed by atoms with van der Waals surface area (Å²) in [5.74, 6) is 0. The van der Waals surface area contributed by atoms with Crippen LogP contribution in [0.5, 0.6) is 0 Å². The number of H-pyrrole nitrogens is 1. The molecule has 1 heterocycles. The van der Waals surface area contributed by atoms with Crippen molar-refractivity contribution >= 4 is 12.9 Å². The predicted molar refractivity (Wildman–Crippen MR) is 70.7 cm³/mol. The quantitative estimate of drug-likeness (QED) is 0.486. The normalized spacial score (nSPS) is 11.9. The van der Waals surface area contributed by atoms with Crippen molar-refractivity contribution in [3.63, 3.8) is 0 Å². The fourth-order valence-corrected chi connectivity index (χ4v) is 1.99. The van der Waals surface area contributed by atoms with Gasteiger partial charge in [0.1, 0.15) is 0 Å². The van der Waals surface area contributed by atoms with Crippen molar-refractivity contribution < 1.29 is 4.55 Å². The lowest BCUT2D eigenvalue weighted by Crippen LogP contribution is -2.32. The summed E-state index contributed by atoms with van der Waals surface area (Å²) in [6.07, 6.45) is 4.68. The minimum absolute atomic E-state index is 0.110. The number of aromatic amines is 1. The Bertz CT molecular complexity index is 283. The van der Waals surface area contributed by atoms with E-state index in [1.165, 1.54) is 5.69 Å². The number of rotatable bonds is 4. The summed E-state index contributed by atoms with van der Waals surface area (Å²) >= 11 is 2.53. The molecule has 0 unspecified atom stereocenters. The molecular formula is C11H23N3OS. The van der Waals surface area contributed by atoms with Crippen LogP contribution in [-0.4, -0.2) is 21.1 Å². The molecule has 1 aromatic heterocycles. The van der Waals surface area contributed by atoms with Gasteiger partial charge in [0.15, 0.2) is 0 Å². The fourth-order valence-electron chi connectivity index (χ4n) is 1.99. The van der Waals surface area contributed by atoms with Crippen LogP contribution in [0, 0.1) is 5.41 Å². The minimum atomic E-state index is 0.110. The van der Waals surface area contributed by atoms with E-state index in [0.717, 1.165) is 6.42 Å². The second-order valence-electron chi connectivity index (χ2n) is 5.39. The molecule has 1 rings (SSSR count). The average molecular weight is 245 g/mol. The van der Waals surface area contributed by atoms with E-state index in [4.69, 9.17) is 10.3 Å². The van der Waals surface area contributed by atoms with E-state index in [-0.39, 0.29) is 10.8 Å². The molecular weight excluding hydrogens is 222 g/mol. The second-order valence-corrected chi connectivity index (χ2v) is 5.39. The molecule has 0 saturated heterocycles. The van der Waals surface area contributed by atoms with Gasteiger partial charge in [0.2, 0.25) is 0 Å². The standard InChI is InChI=1S/C11H21N3.H2OS/c1-10(2,7-12)6-11(3,4)9-5-13-8-14-9;1-2/h5,8H,6-7,12H2,1-4H3,(H,13,14);1-2H. The van der Waals surface area contributed by atoms with Crippen LogP contribution in [-0.2, 0) is 5.41 Å². The molecule has 0 radical (unpaired) electrons. The van der Waals surface area contributed by atoms with Crippen LogP contribution >= 0.6 is 12.9 Å².